The summed E-state index contributed by atoms with van der Waals surface area (Å²) in [7, 11) is 0. The molecule has 0 aliphatic rings. The number of fused-ring (bicyclic) bond motifs is 1. The first-order valence-electron chi connectivity index (χ1n) is 6.85. The largest absolute Gasteiger partial charge is 0.324 e. The van der Waals surface area contributed by atoms with Crippen LogP contribution in [0.25, 0.3) is 11.0 Å². The van der Waals surface area contributed by atoms with E-state index in [1.807, 2.05) is 0 Å². The van der Waals surface area contributed by atoms with E-state index in [1.54, 1.807) is 6.07 Å². The smallest absolute Gasteiger partial charge is 0.144 e. The molecular formula is C15H19Cl2FN2. The number of benzene rings is 1. The molecule has 1 atom stereocenters. The first kappa shape index (κ1) is 15.6. The van der Waals surface area contributed by atoms with E-state index < -0.39 is 5.82 Å². The first-order valence-corrected chi connectivity index (χ1v) is 7.77. The maximum absolute atomic E-state index is 13.5. The Kier molecular flexibility index (Phi) is 4.92. The van der Waals surface area contributed by atoms with Gasteiger partial charge in [0.05, 0.1) is 21.9 Å². The van der Waals surface area contributed by atoms with Crippen molar-refractivity contribution in [2.24, 2.45) is 5.92 Å². The lowest BCUT2D eigenvalue weighted by molar-refractivity contribution is 0.440. The Labute approximate surface area is 128 Å². The van der Waals surface area contributed by atoms with Crippen molar-refractivity contribution >= 4 is 34.2 Å². The topological polar surface area (TPSA) is 17.8 Å². The van der Waals surface area contributed by atoms with E-state index in [4.69, 9.17) is 23.2 Å². The number of aromatic nitrogens is 2. The van der Waals surface area contributed by atoms with Crippen molar-refractivity contribution in [3.05, 3.63) is 28.8 Å². The van der Waals surface area contributed by atoms with E-state index in [0.717, 1.165) is 24.2 Å². The van der Waals surface area contributed by atoms with Crippen LogP contribution in [-0.2, 0) is 5.88 Å². The summed E-state index contributed by atoms with van der Waals surface area (Å²) in [5, 5.41) is 0.121. The van der Waals surface area contributed by atoms with Crippen LogP contribution < -0.4 is 0 Å². The van der Waals surface area contributed by atoms with Crippen molar-refractivity contribution in [1.82, 2.24) is 9.55 Å². The van der Waals surface area contributed by atoms with E-state index in [9.17, 15) is 4.39 Å². The van der Waals surface area contributed by atoms with Gasteiger partial charge >= 0.3 is 0 Å². The number of imidazole rings is 1. The van der Waals surface area contributed by atoms with Crippen molar-refractivity contribution in [3.8, 4) is 0 Å². The average molecular weight is 317 g/mol. The summed E-state index contributed by atoms with van der Waals surface area (Å²) >= 11 is 11.9. The van der Waals surface area contributed by atoms with Crippen LogP contribution in [0.2, 0.25) is 5.02 Å². The fraction of sp³-hybridized carbons (Fsp3) is 0.533. The van der Waals surface area contributed by atoms with E-state index >= 15 is 0 Å². The standard InChI is InChI=1S/C15H19Cl2FN2/c1-9(2)4-5-10(3)20-14-6-11(17)12(18)7-13(14)19-15(20)8-16/h6-7,9-10H,4-5,8H2,1-3H3. The van der Waals surface area contributed by atoms with Crippen LogP contribution in [0.5, 0.6) is 0 Å². The van der Waals surface area contributed by atoms with Crippen molar-refractivity contribution in [1.29, 1.82) is 0 Å². The molecule has 0 saturated heterocycles. The highest BCUT2D eigenvalue weighted by atomic mass is 35.5. The lowest BCUT2D eigenvalue weighted by Gasteiger charge is -2.18. The summed E-state index contributed by atoms with van der Waals surface area (Å²) in [6, 6.07) is 3.28. The number of alkyl halides is 1. The molecular weight excluding hydrogens is 298 g/mol. The van der Waals surface area contributed by atoms with Gasteiger partial charge in [-0.05, 0) is 31.7 Å². The second kappa shape index (κ2) is 6.31. The van der Waals surface area contributed by atoms with Crippen LogP contribution in [0, 0.1) is 11.7 Å². The molecule has 0 N–H and O–H groups in total. The summed E-state index contributed by atoms with van der Waals surface area (Å²) in [5.41, 5.74) is 1.46. The zero-order chi connectivity index (χ0) is 14.9. The fourth-order valence-electron chi connectivity index (χ4n) is 2.43. The molecule has 0 aliphatic carbocycles. The minimum atomic E-state index is -0.445. The quantitative estimate of drug-likeness (QED) is 0.660. The van der Waals surface area contributed by atoms with Crippen LogP contribution in [0.3, 0.4) is 0 Å². The Bertz CT molecular complexity index is 607. The van der Waals surface area contributed by atoms with Crippen molar-refractivity contribution in [2.75, 3.05) is 0 Å². The third-order valence-corrected chi connectivity index (χ3v) is 4.06. The molecule has 0 aliphatic heterocycles. The number of nitrogens with zero attached hydrogens (tertiary/aromatic N) is 2. The molecule has 1 unspecified atom stereocenters. The fourth-order valence-corrected chi connectivity index (χ4v) is 2.78. The average Bonchev–Trinajstić information content (AvgIpc) is 2.74. The Morgan fingerprint density at radius 3 is 2.55 bits per heavy atom. The monoisotopic (exact) mass is 316 g/mol. The van der Waals surface area contributed by atoms with Gasteiger partial charge in [0.15, 0.2) is 0 Å². The van der Waals surface area contributed by atoms with Gasteiger partial charge in [-0.1, -0.05) is 25.4 Å². The molecule has 0 saturated carbocycles. The second-order valence-corrected chi connectivity index (χ2v) is 6.28. The zero-order valence-corrected chi connectivity index (χ0v) is 13.5. The van der Waals surface area contributed by atoms with Crippen molar-refractivity contribution < 1.29 is 4.39 Å². The predicted molar refractivity (Wildman–Crippen MR) is 83.0 cm³/mol. The Balaban J connectivity index is 2.46. The maximum Gasteiger partial charge on any atom is 0.144 e. The molecule has 2 rings (SSSR count). The summed E-state index contributed by atoms with van der Waals surface area (Å²) in [6.07, 6.45) is 2.15. The predicted octanol–water partition coefficient (Wildman–Crippen LogP) is 5.56. The molecule has 5 heteroatoms. The SMILES string of the molecule is CC(C)CCC(C)n1c(CCl)nc2cc(F)c(Cl)cc21. The van der Waals surface area contributed by atoms with Gasteiger partial charge in [-0.3, -0.25) is 0 Å². The zero-order valence-electron chi connectivity index (χ0n) is 12.0. The highest BCUT2D eigenvalue weighted by Gasteiger charge is 2.17. The van der Waals surface area contributed by atoms with Crippen LogP contribution >= 0.6 is 23.2 Å². The van der Waals surface area contributed by atoms with Crippen LogP contribution in [0.4, 0.5) is 4.39 Å². The van der Waals surface area contributed by atoms with Gasteiger partial charge in [0.25, 0.3) is 0 Å². The summed E-state index contributed by atoms with van der Waals surface area (Å²) in [4.78, 5) is 4.41. The van der Waals surface area contributed by atoms with Gasteiger partial charge in [-0.25, -0.2) is 9.37 Å². The Hall–Kier alpha value is -0.800. The summed E-state index contributed by atoms with van der Waals surface area (Å²) < 4.78 is 15.6. The molecule has 1 heterocycles. The van der Waals surface area contributed by atoms with Crippen LogP contribution in [0.15, 0.2) is 12.1 Å². The second-order valence-electron chi connectivity index (χ2n) is 5.61. The third kappa shape index (κ3) is 3.09. The normalized spacial score (nSPS) is 13.3. The van der Waals surface area contributed by atoms with E-state index in [0.29, 0.717) is 17.3 Å². The molecule has 20 heavy (non-hydrogen) atoms. The lowest BCUT2D eigenvalue weighted by atomic mass is 10.0. The summed E-state index contributed by atoms with van der Waals surface area (Å²) in [6.45, 7) is 6.54. The number of rotatable bonds is 5. The van der Waals surface area contributed by atoms with Crippen molar-refractivity contribution in [3.63, 3.8) is 0 Å². The van der Waals surface area contributed by atoms with E-state index in [-0.39, 0.29) is 11.1 Å². The molecule has 0 spiro atoms. The highest BCUT2D eigenvalue weighted by molar-refractivity contribution is 6.31. The Morgan fingerprint density at radius 2 is 1.95 bits per heavy atom. The number of hydrogen-bond acceptors (Lipinski definition) is 1. The van der Waals surface area contributed by atoms with Gasteiger partial charge < -0.3 is 4.57 Å². The Morgan fingerprint density at radius 1 is 1.25 bits per heavy atom. The summed E-state index contributed by atoms with van der Waals surface area (Å²) in [5.74, 6) is 1.27. The molecule has 0 bridgehead atoms. The number of hydrogen-bond donors (Lipinski definition) is 0. The lowest BCUT2D eigenvalue weighted by Crippen LogP contribution is -2.09. The molecule has 0 fully saturated rings. The molecule has 110 valence electrons. The molecule has 2 nitrogen and oxygen atoms in total. The maximum atomic E-state index is 13.5. The van der Waals surface area contributed by atoms with Gasteiger partial charge in [0.2, 0.25) is 0 Å². The minimum Gasteiger partial charge on any atom is -0.324 e. The van der Waals surface area contributed by atoms with Gasteiger partial charge in [0, 0.05) is 12.1 Å². The molecule has 2 aromatic rings. The molecule has 1 aromatic heterocycles. The van der Waals surface area contributed by atoms with Crippen molar-refractivity contribution in [2.45, 2.75) is 45.5 Å². The minimum absolute atomic E-state index is 0.121. The molecule has 1 aromatic carbocycles. The number of halogens is 3. The van der Waals surface area contributed by atoms with Gasteiger partial charge in [-0.2, -0.15) is 0 Å². The van der Waals surface area contributed by atoms with E-state index in [2.05, 4.69) is 30.3 Å². The van der Waals surface area contributed by atoms with Crippen LogP contribution in [-0.4, -0.2) is 9.55 Å². The van der Waals surface area contributed by atoms with Gasteiger partial charge in [-0.15, -0.1) is 11.6 Å². The highest BCUT2D eigenvalue weighted by Crippen LogP contribution is 2.29. The first-order chi connectivity index (χ1) is 9.43. The molecule has 0 amide bonds. The molecule has 0 radical (unpaired) electrons. The van der Waals surface area contributed by atoms with Crippen LogP contribution in [0.1, 0.15) is 45.5 Å². The third-order valence-electron chi connectivity index (χ3n) is 3.53. The van der Waals surface area contributed by atoms with Gasteiger partial charge in [0.1, 0.15) is 11.6 Å². The van der Waals surface area contributed by atoms with E-state index in [1.165, 1.54) is 6.07 Å².